The maximum absolute atomic E-state index is 7.36. The van der Waals surface area contributed by atoms with Crippen LogP contribution in [0.25, 0.3) is 11.5 Å². The van der Waals surface area contributed by atoms with Crippen molar-refractivity contribution in [2.24, 2.45) is 0 Å². The van der Waals surface area contributed by atoms with E-state index in [1.807, 2.05) is 0 Å². The van der Waals surface area contributed by atoms with Crippen molar-refractivity contribution in [3.63, 3.8) is 0 Å². The molecule has 0 amide bonds. The third-order valence-corrected chi connectivity index (χ3v) is 14.6. The Morgan fingerprint density at radius 3 is 1.37 bits per heavy atom. The highest BCUT2D eigenvalue weighted by atomic mass is 16.4. The molecular formula is C65H71BN4O. The molecule has 1 aromatic heterocycles. The van der Waals surface area contributed by atoms with Gasteiger partial charge < -0.3 is 14.2 Å². The van der Waals surface area contributed by atoms with Crippen LogP contribution in [-0.2, 0) is 27.1 Å². The number of hydrogen-bond donors (Lipinski definition) is 0. The van der Waals surface area contributed by atoms with Crippen LogP contribution >= 0.6 is 0 Å². The fourth-order valence-corrected chi connectivity index (χ4v) is 10.3. The highest BCUT2D eigenvalue weighted by Crippen LogP contribution is 2.49. The number of aromatic nitrogens is 1. The molecular weight excluding hydrogens is 864 g/mol. The van der Waals surface area contributed by atoms with Crippen LogP contribution < -0.4 is 31.2 Å². The van der Waals surface area contributed by atoms with Crippen molar-refractivity contribution in [2.75, 3.05) is 14.7 Å². The maximum Gasteiger partial charge on any atom is 0.279 e. The van der Waals surface area contributed by atoms with Crippen molar-refractivity contribution < 1.29 is 4.42 Å². The van der Waals surface area contributed by atoms with E-state index in [0.29, 0.717) is 5.89 Å². The lowest BCUT2D eigenvalue weighted by atomic mass is 9.35. The second-order valence-electron chi connectivity index (χ2n) is 25.1. The standard InChI is InChI=1S/C65H71BN4O/c1-61(2,3)43-28-26-42(27-29-43)59-67-58-60(71-59)70(52-37-45(63(7,8)9)36-46(38-52)64(10,11)12)56-40-47(65(13,14)15)39-55-57(56)66(58)53-35-34-51(68(48-22-18-16-19-23-48)49-24-20-17-21-25-49)41-54(53)69(55)50-32-30-44(31-33-50)62(4,5)6/h16-41H,1-15H3. The van der Waals surface area contributed by atoms with Gasteiger partial charge in [-0.05, 0) is 151 Å². The molecule has 360 valence electrons. The number of fused-ring (bicyclic) bond motifs is 4. The largest absolute Gasteiger partial charge is 0.420 e. The number of rotatable bonds is 6. The molecule has 0 saturated heterocycles. The van der Waals surface area contributed by atoms with Crippen molar-refractivity contribution >= 4 is 74.6 Å². The number of hydrogen-bond acceptors (Lipinski definition) is 5. The Morgan fingerprint density at radius 1 is 0.408 bits per heavy atom. The van der Waals surface area contributed by atoms with E-state index in [1.54, 1.807) is 0 Å². The molecule has 0 radical (unpaired) electrons. The number of benzene rings is 7. The first-order valence-corrected chi connectivity index (χ1v) is 25.6. The molecule has 2 aliphatic heterocycles. The van der Waals surface area contributed by atoms with Gasteiger partial charge in [-0.25, -0.2) is 4.98 Å². The summed E-state index contributed by atoms with van der Waals surface area (Å²) in [4.78, 5) is 13.0. The van der Waals surface area contributed by atoms with Gasteiger partial charge in [-0.15, -0.1) is 0 Å². The van der Waals surface area contributed by atoms with Crippen LogP contribution in [0.1, 0.15) is 132 Å². The first-order chi connectivity index (χ1) is 33.4. The Balaban J connectivity index is 1.31. The lowest BCUT2D eigenvalue weighted by Gasteiger charge is -2.43. The Labute approximate surface area is 424 Å². The monoisotopic (exact) mass is 935 g/mol. The van der Waals surface area contributed by atoms with Crippen LogP contribution in [0.5, 0.6) is 0 Å². The maximum atomic E-state index is 7.36. The average molecular weight is 935 g/mol. The fraction of sp³-hybridized carbons (Fsp3) is 0.308. The second-order valence-corrected chi connectivity index (χ2v) is 25.1. The van der Waals surface area contributed by atoms with Gasteiger partial charge in [0.05, 0.1) is 5.59 Å². The Kier molecular flexibility index (Phi) is 11.4. The second kappa shape index (κ2) is 16.9. The van der Waals surface area contributed by atoms with E-state index >= 15 is 0 Å². The molecule has 6 heteroatoms. The third-order valence-electron chi connectivity index (χ3n) is 14.6. The molecule has 0 spiro atoms. The average Bonchev–Trinajstić information content (AvgIpc) is 3.76. The lowest BCUT2D eigenvalue weighted by molar-refractivity contribution is 0.566. The molecule has 71 heavy (non-hydrogen) atoms. The summed E-state index contributed by atoms with van der Waals surface area (Å²) in [6, 6.07) is 58.7. The molecule has 2 aliphatic rings. The summed E-state index contributed by atoms with van der Waals surface area (Å²) in [5.41, 5.74) is 19.0. The van der Waals surface area contributed by atoms with Gasteiger partial charge in [-0.3, -0.25) is 4.90 Å². The van der Waals surface area contributed by atoms with Crippen LogP contribution in [0.4, 0.5) is 51.4 Å². The predicted octanol–water partition coefficient (Wildman–Crippen LogP) is 16.4. The summed E-state index contributed by atoms with van der Waals surface area (Å²) in [5.74, 6) is 1.38. The summed E-state index contributed by atoms with van der Waals surface area (Å²) in [6.07, 6.45) is 0. The highest BCUT2D eigenvalue weighted by Gasteiger charge is 2.48. The number of para-hydroxylation sites is 2. The smallest absolute Gasteiger partial charge is 0.279 e. The molecule has 0 aliphatic carbocycles. The molecule has 8 aromatic rings. The molecule has 10 rings (SSSR count). The van der Waals surface area contributed by atoms with Gasteiger partial charge in [0, 0.05) is 51.1 Å². The summed E-state index contributed by atoms with van der Waals surface area (Å²) in [5, 5.41) is 0. The van der Waals surface area contributed by atoms with E-state index in [-0.39, 0.29) is 33.8 Å². The van der Waals surface area contributed by atoms with Crippen LogP contribution in [0.3, 0.4) is 0 Å². The zero-order chi connectivity index (χ0) is 50.6. The van der Waals surface area contributed by atoms with Gasteiger partial charge in [0.2, 0.25) is 11.8 Å². The van der Waals surface area contributed by atoms with E-state index in [0.717, 1.165) is 62.5 Å². The van der Waals surface area contributed by atoms with E-state index < -0.39 is 0 Å². The van der Waals surface area contributed by atoms with Crippen molar-refractivity contribution in [3.05, 3.63) is 186 Å². The van der Waals surface area contributed by atoms with Crippen LogP contribution in [-0.4, -0.2) is 11.7 Å². The molecule has 0 fully saturated rings. The summed E-state index contributed by atoms with van der Waals surface area (Å²) in [6.45, 7) is 34.3. The molecule has 5 nitrogen and oxygen atoms in total. The zero-order valence-corrected chi connectivity index (χ0v) is 44.8. The van der Waals surface area contributed by atoms with Gasteiger partial charge in [0.15, 0.2) is 0 Å². The molecule has 0 unspecified atom stereocenters. The van der Waals surface area contributed by atoms with E-state index in [4.69, 9.17) is 9.40 Å². The quantitative estimate of drug-likeness (QED) is 0.155. The van der Waals surface area contributed by atoms with E-state index in [2.05, 4.69) is 276 Å². The third kappa shape index (κ3) is 8.78. The van der Waals surface area contributed by atoms with Crippen LogP contribution in [0, 0.1) is 0 Å². The van der Waals surface area contributed by atoms with Gasteiger partial charge in [0.25, 0.3) is 6.71 Å². The van der Waals surface area contributed by atoms with Crippen LogP contribution in [0.2, 0.25) is 0 Å². The van der Waals surface area contributed by atoms with Crippen molar-refractivity contribution in [1.82, 2.24) is 4.98 Å². The van der Waals surface area contributed by atoms with Gasteiger partial charge in [0.1, 0.15) is 0 Å². The highest BCUT2D eigenvalue weighted by molar-refractivity contribution is 6.99. The molecule has 0 saturated carbocycles. The van der Waals surface area contributed by atoms with Crippen molar-refractivity contribution in [1.29, 1.82) is 0 Å². The summed E-state index contributed by atoms with van der Waals surface area (Å²) >= 11 is 0. The summed E-state index contributed by atoms with van der Waals surface area (Å²) < 4.78 is 7.36. The first-order valence-electron chi connectivity index (χ1n) is 25.6. The first kappa shape index (κ1) is 47.9. The molecule has 0 bridgehead atoms. The van der Waals surface area contributed by atoms with Gasteiger partial charge in [-0.1, -0.05) is 177 Å². The van der Waals surface area contributed by atoms with Gasteiger partial charge in [-0.2, -0.15) is 0 Å². The normalized spacial score (nSPS) is 13.8. The van der Waals surface area contributed by atoms with Crippen molar-refractivity contribution in [2.45, 2.75) is 131 Å². The molecule has 0 atom stereocenters. The Hall–Kier alpha value is -6.79. The Bertz CT molecular complexity index is 3190. The summed E-state index contributed by atoms with van der Waals surface area (Å²) in [7, 11) is 0. The Morgan fingerprint density at radius 2 is 0.873 bits per heavy atom. The van der Waals surface area contributed by atoms with Gasteiger partial charge >= 0.3 is 0 Å². The molecule has 0 N–H and O–H groups in total. The van der Waals surface area contributed by atoms with Crippen LogP contribution in [0.15, 0.2) is 162 Å². The van der Waals surface area contributed by atoms with E-state index in [9.17, 15) is 0 Å². The van der Waals surface area contributed by atoms with E-state index in [1.165, 1.54) is 38.7 Å². The predicted molar refractivity (Wildman–Crippen MR) is 304 cm³/mol. The number of anilines is 9. The zero-order valence-electron chi connectivity index (χ0n) is 44.8. The topological polar surface area (TPSA) is 35.8 Å². The minimum Gasteiger partial charge on any atom is -0.420 e. The molecule has 3 heterocycles. The minimum absolute atomic E-state index is 0.00406. The lowest BCUT2D eigenvalue weighted by Crippen LogP contribution is -2.61. The van der Waals surface area contributed by atoms with Crippen molar-refractivity contribution in [3.8, 4) is 11.5 Å². The number of oxazole rings is 1. The SMILES string of the molecule is CC(C)(C)c1ccc(-c2nc3c(o2)N(c2cc(C(C)(C)C)cc(C(C)(C)C)c2)c2cc(C(C)(C)C)cc4c2B3c2ccc(N(c3ccccc3)c3ccccc3)cc2N4c2ccc(C(C)(C)C)cc2)cc1. The minimum atomic E-state index is -0.240. The molecule has 7 aromatic carbocycles. The fourth-order valence-electron chi connectivity index (χ4n) is 10.3. The number of nitrogens with zero attached hydrogens (tertiary/aromatic N) is 4.